The second-order valence-corrected chi connectivity index (χ2v) is 15.4. The highest BCUT2D eigenvalue weighted by Gasteiger charge is 2.58. The minimum Gasteiger partial charge on any atom is -0.447 e. The summed E-state index contributed by atoms with van der Waals surface area (Å²) in [5.74, 6) is 1.65. The average Bonchev–Trinajstić information content (AvgIpc) is 3.56. The van der Waals surface area contributed by atoms with E-state index in [0.29, 0.717) is 24.8 Å². The predicted molar refractivity (Wildman–Crippen MR) is 203 cm³/mol. The molecule has 3 aromatic carbocycles. The largest absolute Gasteiger partial charge is 0.447 e. The number of piperidine rings is 2. The van der Waals surface area contributed by atoms with Gasteiger partial charge in [0.1, 0.15) is 18.7 Å². The number of cyclic esters (lactones) is 1. The molecule has 9 heteroatoms. The van der Waals surface area contributed by atoms with Gasteiger partial charge in [0, 0.05) is 24.6 Å². The van der Waals surface area contributed by atoms with Gasteiger partial charge >= 0.3 is 6.09 Å². The number of likely N-dealkylation sites (tertiary alicyclic amines) is 3. The van der Waals surface area contributed by atoms with Gasteiger partial charge in [-0.2, -0.15) is 11.8 Å². The SMILES string of the molecule is O=C([C@@H](CSCc1ccccc1)N1C(=O)C(N2C(=O)OC[C@@H]2c2ccccc2)[C@H]1/C=C/c1ccccc1)N1CCC(CCN2CCCCC2)CC1. The maximum absolute atomic E-state index is 14.6. The second-order valence-electron chi connectivity index (χ2n) is 14.3. The van der Waals surface area contributed by atoms with E-state index in [4.69, 9.17) is 4.74 Å². The van der Waals surface area contributed by atoms with Gasteiger partial charge in [-0.25, -0.2) is 4.79 Å². The number of carbonyl (C=O) groups excluding carboxylic acids is 3. The summed E-state index contributed by atoms with van der Waals surface area (Å²) in [6.45, 7) is 5.20. The molecule has 4 fully saturated rings. The molecule has 0 aliphatic carbocycles. The molecule has 4 saturated heterocycles. The monoisotopic (exact) mass is 706 g/mol. The van der Waals surface area contributed by atoms with Crippen LogP contribution >= 0.6 is 11.8 Å². The Balaban J connectivity index is 1.12. The van der Waals surface area contributed by atoms with E-state index in [1.165, 1.54) is 44.3 Å². The lowest BCUT2D eigenvalue weighted by molar-refractivity contribution is -0.164. The van der Waals surface area contributed by atoms with Crippen molar-refractivity contribution in [2.45, 2.75) is 68.4 Å². The molecule has 4 atom stereocenters. The van der Waals surface area contributed by atoms with Crippen LogP contribution in [-0.2, 0) is 20.1 Å². The number of nitrogens with zero attached hydrogens (tertiary/aromatic N) is 4. The van der Waals surface area contributed by atoms with E-state index in [2.05, 4.69) is 17.0 Å². The van der Waals surface area contributed by atoms with Crippen LogP contribution in [0.3, 0.4) is 0 Å². The molecule has 3 amide bonds. The smallest absolute Gasteiger partial charge is 0.411 e. The third kappa shape index (κ3) is 8.36. The highest BCUT2D eigenvalue weighted by Crippen LogP contribution is 2.39. The van der Waals surface area contributed by atoms with Crippen LogP contribution in [0.5, 0.6) is 0 Å². The van der Waals surface area contributed by atoms with Crippen molar-refractivity contribution < 1.29 is 19.1 Å². The molecule has 8 nitrogen and oxygen atoms in total. The highest BCUT2D eigenvalue weighted by molar-refractivity contribution is 7.98. The van der Waals surface area contributed by atoms with Crippen LogP contribution in [0.1, 0.15) is 61.3 Å². The fourth-order valence-electron chi connectivity index (χ4n) is 8.14. The number of hydrogen-bond donors (Lipinski definition) is 0. The Morgan fingerprint density at radius 1 is 0.843 bits per heavy atom. The molecule has 0 spiro atoms. The van der Waals surface area contributed by atoms with Gasteiger partial charge in [-0.1, -0.05) is 110 Å². The van der Waals surface area contributed by atoms with Crippen molar-refractivity contribution in [2.24, 2.45) is 5.92 Å². The number of hydrogen-bond acceptors (Lipinski definition) is 6. The molecule has 4 aliphatic rings. The topological polar surface area (TPSA) is 73.4 Å². The number of carbonyl (C=O) groups is 3. The summed E-state index contributed by atoms with van der Waals surface area (Å²) in [6, 6.07) is 27.7. The van der Waals surface area contributed by atoms with E-state index in [1.807, 2.05) is 95.9 Å². The maximum Gasteiger partial charge on any atom is 0.411 e. The molecule has 0 aromatic heterocycles. The van der Waals surface area contributed by atoms with Gasteiger partial charge in [-0.05, 0) is 74.3 Å². The van der Waals surface area contributed by atoms with Crippen molar-refractivity contribution in [1.82, 2.24) is 19.6 Å². The molecular formula is C42H50N4O4S. The van der Waals surface area contributed by atoms with Crippen LogP contribution in [0.2, 0.25) is 0 Å². The molecule has 0 N–H and O–H groups in total. The summed E-state index contributed by atoms with van der Waals surface area (Å²) in [4.78, 5) is 50.4. The van der Waals surface area contributed by atoms with Crippen molar-refractivity contribution in [1.29, 1.82) is 0 Å². The predicted octanol–water partition coefficient (Wildman–Crippen LogP) is 6.89. The Hall–Kier alpha value is -4.08. The first kappa shape index (κ1) is 35.3. The van der Waals surface area contributed by atoms with E-state index in [1.54, 1.807) is 21.6 Å². The number of ether oxygens (including phenoxy) is 1. The molecule has 1 unspecified atom stereocenters. The Bertz CT molecular complexity index is 1630. The molecule has 0 saturated carbocycles. The lowest BCUT2D eigenvalue weighted by Crippen LogP contribution is -2.74. The summed E-state index contributed by atoms with van der Waals surface area (Å²) >= 11 is 1.68. The van der Waals surface area contributed by atoms with E-state index in [0.717, 1.165) is 36.3 Å². The fraction of sp³-hybridized carbons (Fsp3) is 0.452. The van der Waals surface area contributed by atoms with Crippen molar-refractivity contribution in [3.05, 3.63) is 114 Å². The molecule has 268 valence electrons. The number of amides is 3. The lowest BCUT2D eigenvalue weighted by Gasteiger charge is -2.53. The maximum atomic E-state index is 14.6. The van der Waals surface area contributed by atoms with Crippen LogP contribution in [0.4, 0.5) is 4.79 Å². The molecule has 0 bridgehead atoms. The van der Waals surface area contributed by atoms with Gasteiger partial charge < -0.3 is 19.4 Å². The van der Waals surface area contributed by atoms with Gasteiger partial charge in [-0.3, -0.25) is 14.5 Å². The summed E-state index contributed by atoms with van der Waals surface area (Å²) in [7, 11) is 0. The minimum absolute atomic E-state index is 0.0126. The first-order valence-electron chi connectivity index (χ1n) is 18.7. The van der Waals surface area contributed by atoms with Gasteiger partial charge in [0.2, 0.25) is 11.8 Å². The zero-order chi connectivity index (χ0) is 35.0. The first-order chi connectivity index (χ1) is 25.1. The number of benzene rings is 3. The van der Waals surface area contributed by atoms with Crippen molar-refractivity contribution in [2.75, 3.05) is 45.1 Å². The molecule has 7 rings (SSSR count). The molecule has 0 radical (unpaired) electrons. The second kappa shape index (κ2) is 17.0. The summed E-state index contributed by atoms with van der Waals surface area (Å²) < 4.78 is 5.58. The van der Waals surface area contributed by atoms with Gasteiger partial charge in [0.15, 0.2) is 0 Å². The van der Waals surface area contributed by atoms with Gasteiger partial charge in [-0.15, -0.1) is 0 Å². The minimum atomic E-state index is -0.764. The lowest BCUT2D eigenvalue weighted by atomic mass is 9.88. The molecule has 4 heterocycles. The zero-order valence-corrected chi connectivity index (χ0v) is 30.2. The van der Waals surface area contributed by atoms with E-state index < -0.39 is 24.2 Å². The first-order valence-corrected chi connectivity index (χ1v) is 19.9. The van der Waals surface area contributed by atoms with Crippen molar-refractivity contribution >= 4 is 35.7 Å². The van der Waals surface area contributed by atoms with Crippen LogP contribution in [0, 0.1) is 5.92 Å². The van der Waals surface area contributed by atoms with E-state index in [-0.39, 0.29) is 24.5 Å². The van der Waals surface area contributed by atoms with Crippen LogP contribution in [0.15, 0.2) is 97.1 Å². The highest BCUT2D eigenvalue weighted by atomic mass is 32.2. The normalized spacial score (nSPS) is 23.8. The van der Waals surface area contributed by atoms with Gasteiger partial charge in [0.25, 0.3) is 0 Å². The Labute approximate surface area is 306 Å². The molecule has 3 aromatic rings. The molecule has 4 aliphatic heterocycles. The molecule has 51 heavy (non-hydrogen) atoms. The third-order valence-electron chi connectivity index (χ3n) is 11.1. The van der Waals surface area contributed by atoms with Crippen molar-refractivity contribution in [3.8, 4) is 0 Å². The van der Waals surface area contributed by atoms with Crippen molar-refractivity contribution in [3.63, 3.8) is 0 Å². The fourth-order valence-corrected chi connectivity index (χ4v) is 9.21. The summed E-state index contributed by atoms with van der Waals surface area (Å²) in [5.41, 5.74) is 3.10. The number of thioether (sulfide) groups is 1. The van der Waals surface area contributed by atoms with Gasteiger partial charge in [0.05, 0.1) is 12.1 Å². The standard InChI is InChI=1S/C42H50N4O4S/c47-40(44-27-22-33(23-28-44)21-26-43-24-11-4-12-25-43)38(31-51-30-34-15-7-2-8-16-34)45-36(20-19-32-13-5-1-6-14-32)39(41(45)48)46-37(29-50-42(46)49)35-17-9-3-10-18-35/h1-3,5-10,13-20,33,36-39H,4,11-12,21-31H2/b20-19+/t36-,37-,38-,39?/m1/s1. The number of β-lactam (4-membered cyclic amide) rings is 1. The third-order valence-corrected chi connectivity index (χ3v) is 12.2. The average molecular weight is 707 g/mol. The summed E-state index contributed by atoms with van der Waals surface area (Å²) in [5, 5.41) is 0. The molecular weight excluding hydrogens is 657 g/mol. The number of rotatable bonds is 13. The van der Waals surface area contributed by atoms with E-state index >= 15 is 0 Å². The Morgan fingerprint density at radius 2 is 1.51 bits per heavy atom. The summed E-state index contributed by atoms with van der Waals surface area (Å²) in [6.07, 6.45) is 10.7. The zero-order valence-electron chi connectivity index (χ0n) is 29.4. The van der Waals surface area contributed by atoms with Crippen LogP contribution in [0.25, 0.3) is 6.08 Å². The van der Waals surface area contributed by atoms with E-state index in [9.17, 15) is 14.4 Å². The quantitative estimate of drug-likeness (QED) is 0.181. The van der Waals surface area contributed by atoms with Crippen LogP contribution < -0.4 is 0 Å². The Morgan fingerprint density at radius 3 is 2.22 bits per heavy atom. The Kier molecular flexibility index (Phi) is 11.7. The van der Waals surface area contributed by atoms with Crippen LogP contribution in [-0.4, -0.2) is 101 Å².